The number of hydrogen-bond donors (Lipinski definition) is 1. The highest BCUT2D eigenvalue weighted by molar-refractivity contribution is 5.67. The molecule has 2 aromatic carbocycles. The summed E-state index contributed by atoms with van der Waals surface area (Å²) in [4.78, 5) is 14.8. The Morgan fingerprint density at radius 2 is 1.67 bits per heavy atom. The van der Waals surface area contributed by atoms with E-state index in [4.69, 9.17) is 4.74 Å². The minimum Gasteiger partial charge on any atom is -0.445 e. The van der Waals surface area contributed by atoms with Crippen LogP contribution in [0.25, 0.3) is 0 Å². The number of likely N-dealkylation sites (tertiary alicyclic amines) is 1. The normalized spacial score (nSPS) is 20.9. The highest BCUT2D eigenvalue weighted by Crippen LogP contribution is 2.30. The second-order valence-electron chi connectivity index (χ2n) is 8.32. The zero-order chi connectivity index (χ0) is 19.3. The number of alkyl carbamates (subject to hydrolysis) is 1. The Hall–Kier alpha value is -2.33. The number of hydrogen-bond acceptors (Lipinski definition) is 3. The van der Waals surface area contributed by atoms with Crippen molar-refractivity contribution < 1.29 is 9.53 Å². The lowest BCUT2D eigenvalue weighted by Gasteiger charge is -2.45. The summed E-state index contributed by atoms with van der Waals surface area (Å²) in [6.07, 6.45) is 0.586. The number of carbonyl (C=O) groups is 1. The Bertz CT molecular complexity index is 725. The van der Waals surface area contributed by atoms with Crippen LogP contribution >= 0.6 is 0 Å². The fourth-order valence-electron chi connectivity index (χ4n) is 3.65. The molecule has 0 bridgehead atoms. The highest BCUT2D eigenvalue weighted by atomic mass is 16.5. The number of benzene rings is 2. The number of nitrogens with one attached hydrogen (secondary N) is 1. The van der Waals surface area contributed by atoms with Gasteiger partial charge in [0.15, 0.2) is 0 Å². The van der Waals surface area contributed by atoms with Crippen LogP contribution < -0.4 is 5.32 Å². The van der Waals surface area contributed by atoms with E-state index in [-0.39, 0.29) is 17.7 Å². The van der Waals surface area contributed by atoms with Gasteiger partial charge in [-0.05, 0) is 44.2 Å². The van der Waals surface area contributed by atoms with Crippen molar-refractivity contribution in [2.75, 3.05) is 13.1 Å². The fourth-order valence-corrected chi connectivity index (χ4v) is 3.65. The lowest BCUT2D eigenvalue weighted by atomic mass is 9.86. The van der Waals surface area contributed by atoms with Crippen molar-refractivity contribution in [3.8, 4) is 0 Å². The van der Waals surface area contributed by atoms with E-state index in [1.54, 1.807) is 0 Å². The zero-order valence-corrected chi connectivity index (χ0v) is 16.5. The van der Waals surface area contributed by atoms with Gasteiger partial charge in [0.1, 0.15) is 6.61 Å². The van der Waals surface area contributed by atoms with Crippen LogP contribution in [0.4, 0.5) is 4.79 Å². The van der Waals surface area contributed by atoms with E-state index in [0.29, 0.717) is 12.5 Å². The largest absolute Gasteiger partial charge is 0.445 e. The topological polar surface area (TPSA) is 41.6 Å². The number of rotatable bonds is 4. The van der Waals surface area contributed by atoms with E-state index in [9.17, 15) is 4.79 Å². The maximum atomic E-state index is 12.3. The van der Waals surface area contributed by atoms with E-state index in [0.717, 1.165) is 25.1 Å². The molecule has 0 aliphatic carbocycles. The molecule has 0 aromatic heterocycles. The summed E-state index contributed by atoms with van der Waals surface area (Å²) >= 11 is 0. The number of ether oxygens (including phenoxy) is 1. The Labute approximate surface area is 162 Å². The first-order valence-electron chi connectivity index (χ1n) is 9.69. The van der Waals surface area contributed by atoms with Gasteiger partial charge in [0.25, 0.3) is 0 Å². The van der Waals surface area contributed by atoms with Gasteiger partial charge in [-0.15, -0.1) is 0 Å². The first-order valence-corrected chi connectivity index (χ1v) is 9.69. The van der Waals surface area contributed by atoms with Crippen LogP contribution in [0.2, 0.25) is 0 Å². The van der Waals surface area contributed by atoms with Gasteiger partial charge in [0.05, 0.1) is 0 Å². The molecule has 1 N–H and O–H groups in total. The van der Waals surface area contributed by atoms with E-state index in [1.165, 1.54) is 5.56 Å². The Morgan fingerprint density at radius 3 is 2.30 bits per heavy atom. The van der Waals surface area contributed by atoms with Gasteiger partial charge < -0.3 is 10.1 Å². The summed E-state index contributed by atoms with van der Waals surface area (Å²) < 4.78 is 5.42. The smallest absolute Gasteiger partial charge is 0.407 e. The predicted octanol–water partition coefficient (Wildman–Crippen LogP) is 4.57. The maximum Gasteiger partial charge on any atom is 0.407 e. The molecule has 1 aliphatic rings. The molecule has 0 radical (unpaired) electrons. The molecule has 3 rings (SSSR count). The van der Waals surface area contributed by atoms with Crippen LogP contribution in [0.3, 0.4) is 0 Å². The van der Waals surface area contributed by atoms with Crippen molar-refractivity contribution in [3.05, 3.63) is 71.8 Å². The predicted molar refractivity (Wildman–Crippen MR) is 109 cm³/mol. The van der Waals surface area contributed by atoms with Crippen LogP contribution in [0.1, 0.15) is 44.2 Å². The second-order valence-corrected chi connectivity index (χ2v) is 8.32. The summed E-state index contributed by atoms with van der Waals surface area (Å²) in [6, 6.07) is 20.4. The van der Waals surface area contributed by atoms with Crippen LogP contribution in [0.5, 0.6) is 0 Å². The molecule has 1 amide bonds. The molecule has 1 saturated heterocycles. The maximum absolute atomic E-state index is 12.3. The summed E-state index contributed by atoms with van der Waals surface area (Å²) in [5.41, 5.74) is 2.38. The third-order valence-electron chi connectivity index (χ3n) is 5.20. The van der Waals surface area contributed by atoms with Crippen LogP contribution in [0.15, 0.2) is 60.7 Å². The van der Waals surface area contributed by atoms with E-state index in [2.05, 4.69) is 55.3 Å². The molecule has 27 heavy (non-hydrogen) atoms. The van der Waals surface area contributed by atoms with Gasteiger partial charge in [-0.1, -0.05) is 60.7 Å². The third kappa shape index (κ3) is 5.57. The van der Waals surface area contributed by atoms with Crippen LogP contribution in [-0.2, 0) is 11.3 Å². The molecule has 2 atom stereocenters. The Morgan fingerprint density at radius 1 is 1.04 bits per heavy atom. The van der Waals surface area contributed by atoms with Gasteiger partial charge in [-0.25, -0.2) is 4.79 Å². The third-order valence-corrected chi connectivity index (χ3v) is 5.20. The fraction of sp³-hybridized carbons (Fsp3) is 0.435. The van der Waals surface area contributed by atoms with Crippen LogP contribution in [0, 0.1) is 0 Å². The lowest BCUT2D eigenvalue weighted by Crippen LogP contribution is -2.55. The summed E-state index contributed by atoms with van der Waals surface area (Å²) in [5.74, 6) is 0.401. The molecule has 4 nitrogen and oxygen atoms in total. The van der Waals surface area contributed by atoms with Crippen molar-refractivity contribution in [2.24, 2.45) is 0 Å². The second kappa shape index (κ2) is 8.57. The number of amides is 1. The average molecular weight is 367 g/mol. The van der Waals surface area contributed by atoms with Crippen molar-refractivity contribution in [1.82, 2.24) is 10.2 Å². The minimum absolute atomic E-state index is 0.0569. The monoisotopic (exact) mass is 366 g/mol. The van der Waals surface area contributed by atoms with Crippen molar-refractivity contribution >= 4 is 6.09 Å². The Kier molecular flexibility index (Phi) is 6.17. The van der Waals surface area contributed by atoms with Crippen molar-refractivity contribution in [1.29, 1.82) is 0 Å². The van der Waals surface area contributed by atoms with Gasteiger partial charge in [0.2, 0.25) is 0 Å². The first-order chi connectivity index (χ1) is 12.9. The molecule has 0 saturated carbocycles. The van der Waals surface area contributed by atoms with Gasteiger partial charge in [0, 0.05) is 24.7 Å². The van der Waals surface area contributed by atoms with Crippen molar-refractivity contribution in [3.63, 3.8) is 0 Å². The van der Waals surface area contributed by atoms with Gasteiger partial charge in [-0.3, -0.25) is 4.90 Å². The minimum atomic E-state index is -0.341. The first kappa shape index (κ1) is 19.4. The molecule has 4 heteroatoms. The Balaban J connectivity index is 1.63. The van der Waals surface area contributed by atoms with Gasteiger partial charge >= 0.3 is 6.09 Å². The van der Waals surface area contributed by atoms with Crippen LogP contribution in [-0.4, -0.2) is 35.7 Å². The quantitative estimate of drug-likeness (QED) is 0.862. The number of nitrogens with zero attached hydrogens (tertiary/aromatic N) is 1. The molecule has 0 unspecified atom stereocenters. The van der Waals surface area contributed by atoms with E-state index in [1.807, 2.05) is 36.4 Å². The summed E-state index contributed by atoms with van der Waals surface area (Å²) in [7, 11) is 0. The van der Waals surface area contributed by atoms with Crippen molar-refractivity contribution in [2.45, 2.75) is 51.3 Å². The standard InChI is InChI=1S/C23H30N2O2/c1-23(2,3)25-15-20(19-12-8-5-9-13-19)14-21(16-25)24-22(26)27-17-18-10-6-4-7-11-18/h4-13,20-21H,14-17H2,1-3H3,(H,24,26)/t20-,21+/m0/s1. The molecule has 1 heterocycles. The highest BCUT2D eigenvalue weighted by Gasteiger charge is 2.34. The number of piperidine rings is 1. The zero-order valence-electron chi connectivity index (χ0n) is 16.5. The molecule has 144 valence electrons. The molecule has 2 aromatic rings. The molecule has 1 aliphatic heterocycles. The summed E-state index contributed by atoms with van der Waals surface area (Å²) in [6.45, 7) is 8.82. The van der Waals surface area contributed by atoms with E-state index >= 15 is 0 Å². The number of carbonyl (C=O) groups excluding carboxylic acids is 1. The molecular weight excluding hydrogens is 336 g/mol. The summed E-state index contributed by atoms with van der Waals surface area (Å²) in [5, 5.41) is 3.09. The molecule has 1 fully saturated rings. The average Bonchev–Trinajstić information content (AvgIpc) is 2.67. The SMILES string of the molecule is CC(C)(C)N1C[C@H](NC(=O)OCc2ccccc2)C[C@H](c2ccccc2)C1. The molecular formula is C23H30N2O2. The molecule has 0 spiro atoms. The lowest BCUT2D eigenvalue weighted by molar-refractivity contribution is 0.0724. The van der Waals surface area contributed by atoms with Gasteiger partial charge in [-0.2, -0.15) is 0 Å². The van der Waals surface area contributed by atoms with E-state index < -0.39 is 0 Å².